The van der Waals surface area contributed by atoms with E-state index in [1.54, 1.807) is 18.9 Å². The van der Waals surface area contributed by atoms with Gasteiger partial charge in [0.15, 0.2) is 0 Å². The average molecular weight is 370 g/mol. The quantitative estimate of drug-likeness (QED) is 0.584. The van der Waals surface area contributed by atoms with Gasteiger partial charge in [0, 0.05) is 25.2 Å². The van der Waals surface area contributed by atoms with Gasteiger partial charge in [0.05, 0.1) is 23.6 Å². The van der Waals surface area contributed by atoms with E-state index in [2.05, 4.69) is 10.6 Å². The number of ether oxygens (including phenoxy) is 1. The summed E-state index contributed by atoms with van der Waals surface area (Å²) in [6.45, 7) is 6.00. The van der Waals surface area contributed by atoms with Crippen LogP contribution in [-0.4, -0.2) is 56.0 Å². The monoisotopic (exact) mass is 370 g/mol. The van der Waals surface area contributed by atoms with Gasteiger partial charge < -0.3 is 21.1 Å². The Morgan fingerprint density at radius 3 is 2.48 bits per heavy atom. The summed E-state index contributed by atoms with van der Waals surface area (Å²) in [5, 5.41) is 5.57. The number of esters is 1. The van der Waals surface area contributed by atoms with Gasteiger partial charge in [0.2, 0.25) is 5.91 Å². The number of hydrogen-bond acceptors (Lipinski definition) is 7. The molecule has 0 unspecified atom stereocenters. The summed E-state index contributed by atoms with van der Waals surface area (Å²) in [6.07, 6.45) is 0. The molecule has 1 rings (SSSR count). The zero-order valence-electron chi connectivity index (χ0n) is 15.3. The van der Waals surface area contributed by atoms with Crippen molar-refractivity contribution in [1.29, 1.82) is 0 Å². The van der Waals surface area contributed by atoms with Crippen LogP contribution in [0.5, 0.6) is 0 Å². The number of anilines is 1. The minimum Gasteiger partial charge on any atom is -0.462 e. The third kappa shape index (κ3) is 5.71. The highest BCUT2D eigenvalue weighted by Gasteiger charge is 2.27. The number of hydrogen-bond donors (Lipinski definition) is 3. The number of likely N-dealkylation sites (N-methyl/N-ethyl adjacent to an activating group) is 1. The van der Waals surface area contributed by atoms with Crippen LogP contribution in [0.25, 0.3) is 0 Å². The van der Waals surface area contributed by atoms with Crippen LogP contribution in [0.15, 0.2) is 0 Å². The first-order chi connectivity index (χ1) is 11.7. The predicted octanol–water partition coefficient (Wildman–Crippen LogP) is 0.823. The van der Waals surface area contributed by atoms with Crippen LogP contribution in [0.1, 0.15) is 46.4 Å². The lowest BCUT2D eigenvalue weighted by atomic mass is 10.1. The molecule has 8 nitrogen and oxygen atoms in total. The Balaban J connectivity index is 3.11. The van der Waals surface area contributed by atoms with E-state index in [0.717, 1.165) is 11.3 Å². The third-order valence-corrected chi connectivity index (χ3v) is 4.30. The van der Waals surface area contributed by atoms with Crippen molar-refractivity contribution >= 4 is 34.1 Å². The van der Waals surface area contributed by atoms with E-state index in [9.17, 15) is 14.4 Å². The topological polar surface area (TPSA) is 114 Å². The van der Waals surface area contributed by atoms with E-state index >= 15 is 0 Å². The molecule has 0 atom stereocenters. The van der Waals surface area contributed by atoms with Crippen LogP contribution in [0.2, 0.25) is 0 Å². The smallest absolute Gasteiger partial charge is 0.341 e. The van der Waals surface area contributed by atoms with Crippen molar-refractivity contribution in [3.8, 4) is 0 Å². The summed E-state index contributed by atoms with van der Waals surface area (Å²) in [7, 11) is 3.24. The number of nitrogens with one attached hydrogen (secondary N) is 2. The lowest BCUT2D eigenvalue weighted by Crippen LogP contribution is -2.38. The molecule has 0 spiro atoms. The van der Waals surface area contributed by atoms with Crippen LogP contribution in [0, 0.1) is 0 Å². The molecule has 140 valence electrons. The van der Waals surface area contributed by atoms with Crippen molar-refractivity contribution in [2.75, 3.05) is 33.0 Å². The maximum Gasteiger partial charge on any atom is 0.341 e. The molecule has 0 aliphatic heterocycles. The summed E-state index contributed by atoms with van der Waals surface area (Å²) >= 11 is 1.04. The molecule has 0 aliphatic carbocycles. The van der Waals surface area contributed by atoms with E-state index in [1.165, 1.54) is 7.05 Å². The zero-order chi connectivity index (χ0) is 19.1. The molecule has 0 saturated carbocycles. The van der Waals surface area contributed by atoms with Gasteiger partial charge in [-0.15, -0.1) is 11.3 Å². The highest BCUT2D eigenvalue weighted by molar-refractivity contribution is 7.18. The molecular formula is C16H26N4O4S. The Kier molecular flexibility index (Phi) is 7.85. The molecule has 0 fully saturated rings. The molecule has 25 heavy (non-hydrogen) atoms. The molecule has 0 aromatic carbocycles. The number of carbonyl (C=O) groups excluding carboxylic acids is 3. The molecule has 1 heterocycles. The predicted molar refractivity (Wildman–Crippen MR) is 97.7 cm³/mol. The lowest BCUT2D eigenvalue weighted by Gasteiger charge is -2.18. The van der Waals surface area contributed by atoms with Gasteiger partial charge in [-0.2, -0.15) is 0 Å². The number of rotatable bonds is 8. The summed E-state index contributed by atoms with van der Waals surface area (Å²) in [5.74, 6) is -1.04. The van der Waals surface area contributed by atoms with Crippen molar-refractivity contribution in [2.24, 2.45) is 0 Å². The average Bonchev–Trinajstić information content (AvgIpc) is 2.81. The Bertz CT molecular complexity index is 642. The summed E-state index contributed by atoms with van der Waals surface area (Å²) in [6, 6.07) is 0.0363. The molecule has 0 saturated heterocycles. The standard InChI is InChI=1S/C16H26N4O4S/c1-6-24-16(23)12-10(13(15(22)18-4)25-14(12)17)7-20(5)8-11(21)19-9(2)3/h9H,6-8,17H2,1-5H3,(H,18,22)(H,19,21). The molecule has 0 bridgehead atoms. The van der Waals surface area contributed by atoms with E-state index < -0.39 is 5.97 Å². The molecule has 0 radical (unpaired) electrons. The first-order valence-corrected chi connectivity index (χ1v) is 8.81. The van der Waals surface area contributed by atoms with Crippen LogP contribution in [0.3, 0.4) is 0 Å². The number of nitrogens with zero attached hydrogens (tertiary/aromatic N) is 1. The molecule has 1 aromatic rings. The first kappa shape index (κ1) is 20.9. The highest BCUT2D eigenvalue weighted by atomic mass is 32.1. The van der Waals surface area contributed by atoms with Gasteiger partial charge in [0.1, 0.15) is 5.00 Å². The maximum atomic E-state index is 12.2. The molecule has 9 heteroatoms. The Hall–Kier alpha value is -2.13. The highest BCUT2D eigenvalue weighted by Crippen LogP contribution is 2.32. The lowest BCUT2D eigenvalue weighted by molar-refractivity contribution is -0.122. The SMILES string of the molecule is CCOC(=O)c1c(N)sc(C(=O)NC)c1CN(C)CC(=O)NC(C)C. The first-order valence-electron chi connectivity index (χ1n) is 7.99. The van der Waals surface area contributed by atoms with Crippen LogP contribution in [-0.2, 0) is 16.1 Å². The summed E-state index contributed by atoms with van der Waals surface area (Å²) < 4.78 is 5.05. The van der Waals surface area contributed by atoms with Gasteiger partial charge in [-0.3, -0.25) is 14.5 Å². The second kappa shape index (κ2) is 9.38. The second-order valence-electron chi connectivity index (χ2n) is 5.84. The molecule has 0 aliphatic rings. The fourth-order valence-electron chi connectivity index (χ4n) is 2.30. The van der Waals surface area contributed by atoms with Crippen molar-refractivity contribution in [3.05, 3.63) is 16.0 Å². The van der Waals surface area contributed by atoms with Crippen LogP contribution in [0.4, 0.5) is 5.00 Å². The van der Waals surface area contributed by atoms with Crippen LogP contribution < -0.4 is 16.4 Å². The largest absolute Gasteiger partial charge is 0.462 e. The number of carbonyl (C=O) groups is 3. The fourth-order valence-corrected chi connectivity index (χ4v) is 3.31. The Morgan fingerprint density at radius 2 is 1.96 bits per heavy atom. The van der Waals surface area contributed by atoms with Crippen molar-refractivity contribution in [2.45, 2.75) is 33.4 Å². The number of amides is 2. The van der Waals surface area contributed by atoms with E-state index in [0.29, 0.717) is 10.4 Å². The minimum atomic E-state index is -0.568. The van der Waals surface area contributed by atoms with Crippen molar-refractivity contribution in [3.63, 3.8) is 0 Å². The molecule has 1 aromatic heterocycles. The van der Waals surface area contributed by atoms with Gasteiger partial charge in [-0.25, -0.2) is 4.79 Å². The number of nitrogen functional groups attached to an aromatic ring is 1. The van der Waals surface area contributed by atoms with Gasteiger partial charge in [0.25, 0.3) is 5.91 Å². The summed E-state index contributed by atoms with van der Waals surface area (Å²) in [4.78, 5) is 38.3. The zero-order valence-corrected chi connectivity index (χ0v) is 16.1. The van der Waals surface area contributed by atoms with Crippen molar-refractivity contribution in [1.82, 2.24) is 15.5 Å². The van der Waals surface area contributed by atoms with Crippen molar-refractivity contribution < 1.29 is 19.1 Å². The fraction of sp³-hybridized carbons (Fsp3) is 0.562. The Labute approximate surface area is 151 Å². The van der Waals surface area contributed by atoms with E-state index in [-0.39, 0.29) is 48.1 Å². The molecule has 4 N–H and O–H groups in total. The van der Waals surface area contributed by atoms with E-state index in [1.807, 2.05) is 13.8 Å². The van der Waals surface area contributed by atoms with Gasteiger partial charge in [-0.05, 0) is 27.8 Å². The second-order valence-corrected chi connectivity index (χ2v) is 6.90. The number of thiophene rings is 1. The number of nitrogens with two attached hydrogens (primary N) is 1. The third-order valence-electron chi connectivity index (χ3n) is 3.24. The normalized spacial score (nSPS) is 10.8. The molecule has 2 amide bonds. The van der Waals surface area contributed by atoms with Crippen LogP contribution >= 0.6 is 11.3 Å². The van der Waals surface area contributed by atoms with Gasteiger partial charge in [-0.1, -0.05) is 0 Å². The van der Waals surface area contributed by atoms with Gasteiger partial charge >= 0.3 is 5.97 Å². The molecular weight excluding hydrogens is 344 g/mol. The Morgan fingerprint density at radius 1 is 1.32 bits per heavy atom. The minimum absolute atomic E-state index is 0.0363. The van der Waals surface area contributed by atoms with E-state index in [4.69, 9.17) is 10.5 Å². The summed E-state index contributed by atoms with van der Waals surface area (Å²) in [5.41, 5.74) is 6.62. The maximum absolute atomic E-state index is 12.2.